The van der Waals surface area contributed by atoms with Crippen molar-refractivity contribution in [1.29, 1.82) is 0 Å². The summed E-state index contributed by atoms with van der Waals surface area (Å²) in [7, 11) is 1.56. The molecule has 0 radical (unpaired) electrons. The summed E-state index contributed by atoms with van der Waals surface area (Å²) in [5.74, 6) is -1.23. The molecule has 98 valence electrons. The Morgan fingerprint density at radius 1 is 1.56 bits per heavy atom. The van der Waals surface area contributed by atoms with E-state index in [0.29, 0.717) is 10.4 Å². The van der Waals surface area contributed by atoms with E-state index in [1.165, 1.54) is 17.1 Å². The maximum atomic E-state index is 11.7. The molecule has 0 saturated carbocycles. The Kier molecular flexibility index (Phi) is 5.15. The molecule has 0 bridgehead atoms. The lowest BCUT2D eigenvalue weighted by molar-refractivity contribution is -0.142. The van der Waals surface area contributed by atoms with Crippen molar-refractivity contribution >= 4 is 33.9 Å². The summed E-state index contributed by atoms with van der Waals surface area (Å²) in [4.78, 5) is 23.7. The number of furan rings is 1. The van der Waals surface area contributed by atoms with Crippen molar-refractivity contribution in [3.05, 3.63) is 28.6 Å². The van der Waals surface area contributed by atoms with Gasteiger partial charge in [-0.25, -0.2) is 0 Å². The van der Waals surface area contributed by atoms with Gasteiger partial charge in [0.15, 0.2) is 4.67 Å². The average molecular weight is 316 g/mol. The van der Waals surface area contributed by atoms with E-state index in [1.54, 1.807) is 26.1 Å². The third kappa shape index (κ3) is 4.37. The van der Waals surface area contributed by atoms with Gasteiger partial charge in [-0.15, -0.1) is 0 Å². The number of amides is 1. The highest BCUT2D eigenvalue weighted by molar-refractivity contribution is 9.10. The van der Waals surface area contributed by atoms with E-state index in [0.717, 1.165) is 0 Å². The number of hydrogen-bond donors (Lipinski definition) is 1. The second-order valence-electron chi connectivity index (χ2n) is 3.93. The first-order chi connectivity index (χ1) is 8.40. The molecule has 6 heteroatoms. The SMILES string of the molecule is CC(CN(C)C(=O)C=Cc1ccc(Br)o1)C(=O)O. The van der Waals surface area contributed by atoms with Crippen molar-refractivity contribution in [2.75, 3.05) is 13.6 Å². The number of carbonyl (C=O) groups is 2. The molecule has 0 aliphatic rings. The fraction of sp³-hybridized carbons (Fsp3) is 0.333. The first kappa shape index (κ1) is 14.5. The Bertz CT molecular complexity index is 466. The number of carbonyl (C=O) groups excluding carboxylic acids is 1. The molecule has 1 aromatic heterocycles. The number of hydrogen-bond acceptors (Lipinski definition) is 3. The van der Waals surface area contributed by atoms with Crippen LogP contribution >= 0.6 is 15.9 Å². The molecule has 18 heavy (non-hydrogen) atoms. The highest BCUT2D eigenvalue weighted by atomic mass is 79.9. The van der Waals surface area contributed by atoms with Gasteiger partial charge in [0.25, 0.3) is 0 Å². The molecule has 5 nitrogen and oxygen atoms in total. The van der Waals surface area contributed by atoms with Crippen LogP contribution in [0.15, 0.2) is 27.3 Å². The largest absolute Gasteiger partial charge is 0.481 e. The van der Waals surface area contributed by atoms with E-state index in [9.17, 15) is 9.59 Å². The molecular formula is C12H14BrNO4. The lowest BCUT2D eigenvalue weighted by Gasteiger charge is -2.17. The summed E-state index contributed by atoms with van der Waals surface area (Å²) in [6, 6.07) is 3.44. The van der Waals surface area contributed by atoms with Gasteiger partial charge < -0.3 is 14.4 Å². The molecule has 0 aliphatic heterocycles. The van der Waals surface area contributed by atoms with Gasteiger partial charge in [0.05, 0.1) is 5.92 Å². The van der Waals surface area contributed by atoms with Crippen molar-refractivity contribution in [3.63, 3.8) is 0 Å². The van der Waals surface area contributed by atoms with Crippen molar-refractivity contribution < 1.29 is 19.1 Å². The Hall–Kier alpha value is -1.56. The van der Waals surface area contributed by atoms with Gasteiger partial charge in [-0.1, -0.05) is 6.92 Å². The van der Waals surface area contributed by atoms with Crippen molar-refractivity contribution in [3.8, 4) is 0 Å². The quantitative estimate of drug-likeness (QED) is 0.846. The Morgan fingerprint density at radius 3 is 2.72 bits per heavy atom. The normalized spacial score (nSPS) is 12.6. The van der Waals surface area contributed by atoms with E-state index >= 15 is 0 Å². The predicted octanol–water partition coefficient (Wildman–Crippen LogP) is 2.23. The van der Waals surface area contributed by atoms with E-state index in [4.69, 9.17) is 9.52 Å². The molecular weight excluding hydrogens is 302 g/mol. The number of carboxylic acid groups (broad SMARTS) is 1. The number of halogens is 1. The van der Waals surface area contributed by atoms with Crippen LogP contribution in [0.3, 0.4) is 0 Å². The van der Waals surface area contributed by atoms with Crippen LogP contribution in [0, 0.1) is 5.92 Å². The summed E-state index contributed by atoms with van der Waals surface area (Å²) in [5.41, 5.74) is 0. The number of nitrogens with zero attached hydrogens (tertiary/aromatic N) is 1. The number of rotatable bonds is 5. The molecule has 0 aromatic carbocycles. The molecule has 1 atom stereocenters. The van der Waals surface area contributed by atoms with Crippen molar-refractivity contribution in [2.24, 2.45) is 5.92 Å². The number of aliphatic carboxylic acids is 1. The fourth-order valence-electron chi connectivity index (χ4n) is 1.28. The van der Waals surface area contributed by atoms with E-state index in [2.05, 4.69) is 15.9 Å². The van der Waals surface area contributed by atoms with Gasteiger partial charge in [-0.3, -0.25) is 9.59 Å². The Labute approximate surface area is 113 Å². The second-order valence-corrected chi connectivity index (χ2v) is 4.71. The van der Waals surface area contributed by atoms with Crippen LogP contribution in [0.4, 0.5) is 0 Å². The number of likely N-dealkylation sites (N-methyl/N-ethyl adjacent to an activating group) is 1. The van der Waals surface area contributed by atoms with Gasteiger partial charge in [0.2, 0.25) is 5.91 Å². The van der Waals surface area contributed by atoms with Gasteiger partial charge >= 0.3 is 5.97 Å². The summed E-state index contributed by atoms with van der Waals surface area (Å²) in [6.45, 7) is 1.72. The van der Waals surface area contributed by atoms with Gasteiger partial charge in [0, 0.05) is 19.7 Å². The molecule has 1 heterocycles. The molecule has 1 amide bonds. The highest BCUT2D eigenvalue weighted by Gasteiger charge is 2.15. The minimum Gasteiger partial charge on any atom is -0.481 e. The summed E-state index contributed by atoms with van der Waals surface area (Å²) >= 11 is 3.16. The molecule has 0 spiro atoms. The van der Waals surface area contributed by atoms with Crippen LogP contribution in [-0.4, -0.2) is 35.5 Å². The minimum absolute atomic E-state index is 0.167. The smallest absolute Gasteiger partial charge is 0.308 e. The highest BCUT2D eigenvalue weighted by Crippen LogP contribution is 2.15. The lowest BCUT2D eigenvalue weighted by Crippen LogP contribution is -2.32. The molecule has 0 fully saturated rings. The molecule has 0 aliphatic carbocycles. The third-order valence-corrected chi connectivity index (χ3v) is 2.76. The van der Waals surface area contributed by atoms with E-state index < -0.39 is 11.9 Å². The zero-order chi connectivity index (χ0) is 13.7. The van der Waals surface area contributed by atoms with Gasteiger partial charge in [-0.05, 0) is 34.1 Å². The fourth-order valence-corrected chi connectivity index (χ4v) is 1.60. The second kappa shape index (κ2) is 6.39. The van der Waals surface area contributed by atoms with Crippen LogP contribution in [0.5, 0.6) is 0 Å². The van der Waals surface area contributed by atoms with E-state index in [1.807, 2.05) is 0 Å². The first-order valence-corrected chi connectivity index (χ1v) is 6.10. The maximum Gasteiger partial charge on any atom is 0.308 e. The van der Waals surface area contributed by atoms with Crippen LogP contribution in [0.1, 0.15) is 12.7 Å². The van der Waals surface area contributed by atoms with Crippen LogP contribution in [-0.2, 0) is 9.59 Å². The first-order valence-electron chi connectivity index (χ1n) is 5.31. The topological polar surface area (TPSA) is 70.8 Å². The summed E-state index contributed by atoms with van der Waals surface area (Å²) < 4.78 is 5.78. The van der Waals surface area contributed by atoms with Crippen LogP contribution in [0.25, 0.3) is 6.08 Å². The Morgan fingerprint density at radius 2 is 2.22 bits per heavy atom. The zero-order valence-electron chi connectivity index (χ0n) is 10.1. The minimum atomic E-state index is -0.923. The summed E-state index contributed by atoms with van der Waals surface area (Å²) in [6.07, 6.45) is 2.88. The lowest BCUT2D eigenvalue weighted by atomic mass is 10.2. The maximum absolute atomic E-state index is 11.7. The van der Waals surface area contributed by atoms with Gasteiger partial charge in [-0.2, -0.15) is 0 Å². The monoisotopic (exact) mass is 315 g/mol. The Balaban J connectivity index is 2.54. The number of carboxylic acids is 1. The molecule has 1 aromatic rings. The van der Waals surface area contributed by atoms with Crippen LogP contribution < -0.4 is 0 Å². The predicted molar refractivity (Wildman–Crippen MR) is 69.9 cm³/mol. The third-order valence-electron chi connectivity index (χ3n) is 2.33. The van der Waals surface area contributed by atoms with Crippen molar-refractivity contribution in [2.45, 2.75) is 6.92 Å². The standard InChI is InChI=1S/C12H14BrNO4/c1-8(12(16)17)7-14(2)11(15)6-4-9-3-5-10(13)18-9/h3-6,8H,7H2,1-2H3,(H,16,17). The molecule has 1 rings (SSSR count). The molecule has 0 saturated heterocycles. The molecule has 1 unspecified atom stereocenters. The zero-order valence-corrected chi connectivity index (χ0v) is 11.7. The van der Waals surface area contributed by atoms with Gasteiger partial charge in [0.1, 0.15) is 5.76 Å². The van der Waals surface area contributed by atoms with Crippen LogP contribution in [0.2, 0.25) is 0 Å². The summed E-state index contributed by atoms with van der Waals surface area (Å²) in [5, 5.41) is 8.75. The van der Waals surface area contributed by atoms with E-state index in [-0.39, 0.29) is 12.5 Å². The van der Waals surface area contributed by atoms with Crippen molar-refractivity contribution in [1.82, 2.24) is 4.90 Å². The average Bonchev–Trinajstić information content (AvgIpc) is 2.71. The molecule has 1 N–H and O–H groups in total.